The van der Waals surface area contributed by atoms with E-state index in [2.05, 4.69) is 4.98 Å². The molecular formula is C16H19N3O8S. The minimum atomic E-state index is -4.05. The van der Waals surface area contributed by atoms with Gasteiger partial charge in [-0.1, -0.05) is 22.7 Å². The first-order valence-electron chi connectivity index (χ1n) is 8.05. The number of carbonyl (C=O) groups excluding carboxylic acids is 1. The summed E-state index contributed by atoms with van der Waals surface area (Å²) >= 11 is 0. The minimum Gasteiger partial charge on any atom is -0.463 e. The molecule has 0 amide bonds. The second-order valence-corrected chi connectivity index (χ2v) is 7.34. The first-order valence-corrected chi connectivity index (χ1v) is 9.46. The van der Waals surface area contributed by atoms with Crippen LogP contribution in [0.4, 0.5) is 5.95 Å². The van der Waals surface area contributed by atoms with Crippen molar-refractivity contribution in [3.8, 4) is 0 Å². The van der Waals surface area contributed by atoms with Crippen molar-refractivity contribution in [2.75, 3.05) is 13.2 Å². The van der Waals surface area contributed by atoms with E-state index in [-0.39, 0.29) is 18.2 Å². The maximum Gasteiger partial charge on any atom is 0.436 e. The fourth-order valence-electron chi connectivity index (χ4n) is 2.05. The summed E-state index contributed by atoms with van der Waals surface area (Å²) in [5.41, 5.74) is 0.886. The second kappa shape index (κ2) is 9.39. The van der Waals surface area contributed by atoms with Crippen LogP contribution in [0.25, 0.3) is 0 Å². The summed E-state index contributed by atoms with van der Waals surface area (Å²) in [5, 5.41) is 10.9. The second-order valence-electron chi connectivity index (χ2n) is 5.73. The number of rotatable bonds is 10. The average molecular weight is 413 g/mol. The zero-order valence-electron chi connectivity index (χ0n) is 15.2. The van der Waals surface area contributed by atoms with Crippen LogP contribution < -0.4 is 0 Å². The molecule has 28 heavy (non-hydrogen) atoms. The Morgan fingerprint density at radius 1 is 1.29 bits per heavy atom. The number of aryl methyl sites for hydroxylation is 1. The Kier molecular flexibility index (Phi) is 7.20. The smallest absolute Gasteiger partial charge is 0.436 e. The van der Waals surface area contributed by atoms with Crippen molar-refractivity contribution < 1.29 is 31.8 Å². The number of ether oxygens (including phenoxy) is 2. The van der Waals surface area contributed by atoms with Gasteiger partial charge in [-0.2, -0.15) is 8.42 Å². The number of aromatic nitrogens is 2. The molecule has 1 aromatic carbocycles. The van der Waals surface area contributed by atoms with Crippen LogP contribution in [0, 0.1) is 17.0 Å². The number of imidazole rings is 1. The Morgan fingerprint density at radius 3 is 2.57 bits per heavy atom. The Balaban J connectivity index is 2.03. The third-order valence-corrected chi connectivity index (χ3v) is 4.79. The van der Waals surface area contributed by atoms with Crippen LogP contribution in [-0.2, 0) is 35.3 Å². The molecular weight excluding hydrogens is 394 g/mol. The maximum atomic E-state index is 12.3. The Labute approximate surface area is 161 Å². The quantitative estimate of drug-likeness (QED) is 0.245. The van der Waals surface area contributed by atoms with Crippen LogP contribution >= 0.6 is 0 Å². The average Bonchev–Trinajstić information content (AvgIpc) is 3.10. The monoisotopic (exact) mass is 413 g/mol. The van der Waals surface area contributed by atoms with Crippen molar-refractivity contribution in [1.82, 2.24) is 9.55 Å². The van der Waals surface area contributed by atoms with E-state index in [1.165, 1.54) is 31.5 Å². The van der Waals surface area contributed by atoms with Gasteiger partial charge < -0.3 is 19.6 Å². The largest absolute Gasteiger partial charge is 0.463 e. The van der Waals surface area contributed by atoms with Crippen molar-refractivity contribution >= 4 is 22.0 Å². The molecule has 0 N–H and O–H groups in total. The summed E-state index contributed by atoms with van der Waals surface area (Å²) in [6, 6.07) is 6.06. The van der Waals surface area contributed by atoms with Crippen molar-refractivity contribution in [3.05, 3.63) is 52.3 Å². The highest BCUT2D eigenvalue weighted by Crippen LogP contribution is 2.15. The molecule has 0 fully saturated rings. The lowest BCUT2D eigenvalue weighted by molar-refractivity contribution is -0.397. The van der Waals surface area contributed by atoms with Gasteiger partial charge in [0, 0.05) is 6.92 Å². The van der Waals surface area contributed by atoms with Gasteiger partial charge in [-0.3, -0.25) is 8.98 Å². The standard InChI is InChI=1S/C16H19N3O8S/c1-12-3-5-15(6-4-12)28(23,24)27-10-14(9-25-13(2)20)26-11-18-8-7-17-16(18)19(21)22/h3-8,14H,9-11H2,1-2H3. The molecule has 1 aromatic heterocycles. The number of benzene rings is 1. The molecule has 0 radical (unpaired) electrons. The van der Waals surface area contributed by atoms with Gasteiger partial charge in [-0.15, -0.1) is 0 Å². The highest BCUT2D eigenvalue weighted by atomic mass is 32.2. The van der Waals surface area contributed by atoms with Gasteiger partial charge in [0.25, 0.3) is 10.1 Å². The summed E-state index contributed by atoms with van der Waals surface area (Å²) in [4.78, 5) is 24.8. The molecule has 0 bridgehead atoms. The molecule has 1 unspecified atom stereocenters. The van der Waals surface area contributed by atoms with Crippen LogP contribution in [0.1, 0.15) is 12.5 Å². The Bertz CT molecular complexity index is 924. The van der Waals surface area contributed by atoms with Gasteiger partial charge in [-0.05, 0) is 24.0 Å². The number of nitrogens with zero attached hydrogens (tertiary/aromatic N) is 3. The first kappa shape index (κ1) is 21.5. The summed E-state index contributed by atoms with van der Waals surface area (Å²) in [6.07, 6.45) is 1.57. The van der Waals surface area contributed by atoms with Crippen LogP contribution in [0.5, 0.6) is 0 Å². The van der Waals surface area contributed by atoms with Crippen molar-refractivity contribution in [2.45, 2.75) is 31.6 Å². The predicted octanol–water partition coefficient (Wildman–Crippen LogP) is 1.41. The third-order valence-electron chi connectivity index (χ3n) is 3.50. The molecule has 0 saturated carbocycles. The van der Waals surface area contributed by atoms with Gasteiger partial charge >= 0.3 is 11.9 Å². The SMILES string of the molecule is CC(=O)OCC(COS(=O)(=O)c1ccc(C)cc1)OCn1ccnc1[N+](=O)[O-]. The fraction of sp³-hybridized carbons (Fsp3) is 0.375. The minimum absolute atomic E-state index is 0.0328. The Morgan fingerprint density at radius 2 is 1.96 bits per heavy atom. The van der Waals surface area contributed by atoms with Crippen molar-refractivity contribution in [2.24, 2.45) is 0 Å². The van der Waals surface area contributed by atoms with Crippen LogP contribution in [-0.4, -0.2) is 48.2 Å². The number of nitro groups is 1. The summed E-state index contributed by atoms with van der Waals surface area (Å²) in [7, 11) is -4.05. The molecule has 0 aliphatic rings. The van der Waals surface area contributed by atoms with E-state index in [1.54, 1.807) is 12.1 Å². The number of carbonyl (C=O) groups is 1. The molecule has 0 spiro atoms. The molecule has 2 aromatic rings. The van der Waals surface area contributed by atoms with Gasteiger partial charge in [-0.25, -0.2) is 4.57 Å². The topological polar surface area (TPSA) is 140 Å². The van der Waals surface area contributed by atoms with E-state index >= 15 is 0 Å². The van der Waals surface area contributed by atoms with Gasteiger partial charge in [0.15, 0.2) is 6.73 Å². The summed E-state index contributed by atoms with van der Waals surface area (Å²) < 4.78 is 40.9. The van der Waals surface area contributed by atoms with E-state index in [0.717, 1.165) is 10.1 Å². The lowest BCUT2D eigenvalue weighted by Gasteiger charge is -2.17. The van der Waals surface area contributed by atoms with Crippen LogP contribution in [0.3, 0.4) is 0 Å². The number of hydrogen-bond donors (Lipinski definition) is 0. The van der Waals surface area contributed by atoms with Gasteiger partial charge in [0.2, 0.25) is 0 Å². The van der Waals surface area contributed by atoms with Gasteiger partial charge in [0.05, 0.1) is 11.5 Å². The molecule has 2 rings (SSSR count). The van der Waals surface area contributed by atoms with E-state index in [0.29, 0.717) is 0 Å². The lowest BCUT2D eigenvalue weighted by Crippen LogP contribution is -2.29. The Hall–Kier alpha value is -2.83. The molecule has 1 heterocycles. The van der Waals surface area contributed by atoms with Crippen molar-refractivity contribution in [3.63, 3.8) is 0 Å². The van der Waals surface area contributed by atoms with Crippen LogP contribution in [0.2, 0.25) is 0 Å². The van der Waals surface area contributed by atoms with Gasteiger partial charge in [0.1, 0.15) is 25.1 Å². The number of hydrogen-bond acceptors (Lipinski definition) is 9. The van der Waals surface area contributed by atoms with E-state index < -0.39 is 39.7 Å². The van der Waals surface area contributed by atoms with E-state index in [4.69, 9.17) is 13.7 Å². The third kappa shape index (κ3) is 6.11. The zero-order chi connectivity index (χ0) is 20.7. The molecule has 11 nitrogen and oxygen atoms in total. The molecule has 12 heteroatoms. The van der Waals surface area contributed by atoms with Crippen molar-refractivity contribution in [1.29, 1.82) is 0 Å². The fourth-order valence-corrected chi connectivity index (χ4v) is 2.99. The highest BCUT2D eigenvalue weighted by Gasteiger charge is 2.22. The highest BCUT2D eigenvalue weighted by molar-refractivity contribution is 7.86. The predicted molar refractivity (Wildman–Crippen MR) is 94.7 cm³/mol. The maximum absolute atomic E-state index is 12.3. The molecule has 1 atom stereocenters. The van der Waals surface area contributed by atoms with Crippen LogP contribution in [0.15, 0.2) is 41.6 Å². The van der Waals surface area contributed by atoms with E-state index in [9.17, 15) is 23.3 Å². The molecule has 0 aliphatic carbocycles. The summed E-state index contributed by atoms with van der Waals surface area (Å²) in [6.45, 7) is 1.95. The molecule has 152 valence electrons. The van der Waals surface area contributed by atoms with E-state index in [1.807, 2.05) is 6.92 Å². The summed E-state index contributed by atoms with van der Waals surface area (Å²) in [5.74, 6) is -1.04. The first-order chi connectivity index (χ1) is 13.2. The zero-order valence-corrected chi connectivity index (χ0v) is 16.0. The molecule has 0 saturated heterocycles. The molecule has 0 aliphatic heterocycles. The normalized spacial score (nSPS) is 12.5. The lowest BCUT2D eigenvalue weighted by atomic mass is 10.2. The number of esters is 1.